The first-order valence-electron chi connectivity index (χ1n) is 10.4. The van der Waals surface area contributed by atoms with Crippen molar-refractivity contribution in [2.45, 2.75) is 18.4 Å². The van der Waals surface area contributed by atoms with E-state index in [1.165, 1.54) is 31.2 Å². The quantitative estimate of drug-likeness (QED) is 0.378. The fourth-order valence-corrected chi connectivity index (χ4v) is 4.23. The van der Waals surface area contributed by atoms with E-state index in [4.69, 9.17) is 0 Å². The van der Waals surface area contributed by atoms with Crippen molar-refractivity contribution in [3.8, 4) is 5.69 Å². The van der Waals surface area contributed by atoms with Gasteiger partial charge in [0.1, 0.15) is 0 Å². The molecule has 0 radical (unpaired) electrons. The average molecular weight is 475 g/mol. The summed E-state index contributed by atoms with van der Waals surface area (Å²) in [5.74, 6) is -0.0388. The van der Waals surface area contributed by atoms with Gasteiger partial charge in [-0.15, -0.1) is 0 Å². The Hall–Kier alpha value is -4.08. The third-order valence-corrected chi connectivity index (χ3v) is 6.52. The number of anilines is 1. The van der Waals surface area contributed by atoms with Crippen molar-refractivity contribution >= 4 is 27.5 Å². The molecule has 0 aliphatic carbocycles. The molecular weight excluding hydrogens is 452 g/mol. The van der Waals surface area contributed by atoms with E-state index >= 15 is 0 Å². The molecule has 4 aromatic rings. The van der Waals surface area contributed by atoms with Crippen LogP contribution >= 0.6 is 0 Å². The molecule has 3 aromatic carbocycles. The molecule has 1 aromatic heterocycles. The number of benzene rings is 3. The second kappa shape index (κ2) is 9.82. The normalized spacial score (nSPS) is 11.2. The molecule has 2 N–H and O–H groups in total. The molecule has 9 heteroatoms. The third kappa shape index (κ3) is 5.45. The second-order valence-corrected chi connectivity index (χ2v) is 9.30. The molecule has 0 atom stereocenters. The molecular formula is C25H22N4O4S. The number of rotatable bonds is 8. The molecule has 8 nitrogen and oxygen atoms in total. The minimum Gasteiger partial charge on any atom is -0.305 e. The number of para-hydroxylation sites is 1. The van der Waals surface area contributed by atoms with Crippen LogP contribution in [0.5, 0.6) is 0 Å². The lowest BCUT2D eigenvalue weighted by Gasteiger charge is -2.08. The highest BCUT2D eigenvalue weighted by Crippen LogP contribution is 2.14. The predicted molar refractivity (Wildman–Crippen MR) is 128 cm³/mol. The smallest absolute Gasteiger partial charge is 0.256 e. The predicted octanol–water partition coefficient (Wildman–Crippen LogP) is 3.81. The molecule has 34 heavy (non-hydrogen) atoms. The Morgan fingerprint density at radius 2 is 1.50 bits per heavy atom. The lowest BCUT2D eigenvalue weighted by molar-refractivity contribution is 0.101. The van der Waals surface area contributed by atoms with E-state index in [1.54, 1.807) is 41.2 Å². The van der Waals surface area contributed by atoms with E-state index in [0.29, 0.717) is 22.5 Å². The van der Waals surface area contributed by atoms with Crippen LogP contribution < -0.4 is 10.0 Å². The number of aromatic nitrogens is 2. The zero-order valence-electron chi connectivity index (χ0n) is 18.3. The molecule has 0 aliphatic rings. The van der Waals surface area contributed by atoms with Crippen LogP contribution in [0.15, 0.2) is 96.0 Å². The Morgan fingerprint density at radius 3 is 2.15 bits per heavy atom. The van der Waals surface area contributed by atoms with Crippen LogP contribution in [0.1, 0.15) is 33.2 Å². The highest BCUT2D eigenvalue weighted by Gasteiger charge is 2.15. The highest BCUT2D eigenvalue weighted by molar-refractivity contribution is 7.89. The maximum Gasteiger partial charge on any atom is 0.256 e. The van der Waals surface area contributed by atoms with Gasteiger partial charge in [-0.05, 0) is 48.9 Å². The monoisotopic (exact) mass is 474 g/mol. The molecule has 1 heterocycles. The molecule has 0 bridgehead atoms. The van der Waals surface area contributed by atoms with Gasteiger partial charge in [-0.3, -0.25) is 9.59 Å². The summed E-state index contributed by atoms with van der Waals surface area (Å²) in [5.41, 5.74) is 2.43. The molecule has 4 rings (SSSR count). The van der Waals surface area contributed by atoms with Crippen molar-refractivity contribution in [1.82, 2.24) is 14.5 Å². The Morgan fingerprint density at radius 1 is 0.853 bits per heavy atom. The number of nitrogens with zero attached hydrogens (tertiary/aromatic N) is 2. The molecule has 0 aliphatic heterocycles. The summed E-state index contributed by atoms with van der Waals surface area (Å²) in [6.45, 7) is 1.48. The number of Topliss-reactive ketones (excluding diaryl/α,β-unsaturated/α-hetero) is 1. The second-order valence-electron chi connectivity index (χ2n) is 7.54. The van der Waals surface area contributed by atoms with Gasteiger partial charge in [-0.2, -0.15) is 5.10 Å². The first-order chi connectivity index (χ1) is 16.3. The topological polar surface area (TPSA) is 110 Å². The average Bonchev–Trinajstić information content (AvgIpc) is 3.32. The Balaban J connectivity index is 1.36. The fourth-order valence-electron chi connectivity index (χ4n) is 3.21. The molecule has 0 unspecified atom stereocenters. The number of sulfonamides is 1. The number of nitrogens with one attached hydrogen (secondary N) is 2. The number of carbonyl (C=O) groups is 2. The Kier molecular flexibility index (Phi) is 6.67. The van der Waals surface area contributed by atoms with Gasteiger partial charge in [-0.25, -0.2) is 17.8 Å². The van der Waals surface area contributed by atoms with Crippen molar-refractivity contribution in [3.63, 3.8) is 0 Å². The number of carbonyl (C=O) groups excluding carboxylic acids is 2. The summed E-state index contributed by atoms with van der Waals surface area (Å²) < 4.78 is 29.2. The van der Waals surface area contributed by atoms with Gasteiger partial charge in [0.05, 0.1) is 10.6 Å². The van der Waals surface area contributed by atoms with Gasteiger partial charge >= 0.3 is 0 Å². The summed E-state index contributed by atoms with van der Waals surface area (Å²) in [4.78, 5) is 24.0. The first kappa shape index (κ1) is 23.1. The highest BCUT2D eigenvalue weighted by atomic mass is 32.2. The SMILES string of the molecule is CC(=O)c1ccc(S(=O)(=O)NCc2ccc(C(=O)Nc3ccn(-c4ccccc4)n3)cc2)cc1. The summed E-state index contributed by atoms with van der Waals surface area (Å²) in [6, 6.07) is 23.6. The van der Waals surface area contributed by atoms with E-state index in [-0.39, 0.29) is 23.1 Å². The van der Waals surface area contributed by atoms with E-state index in [9.17, 15) is 18.0 Å². The van der Waals surface area contributed by atoms with E-state index in [0.717, 1.165) is 5.69 Å². The fraction of sp³-hybridized carbons (Fsp3) is 0.0800. The number of hydrogen-bond donors (Lipinski definition) is 2. The molecule has 0 saturated carbocycles. The van der Waals surface area contributed by atoms with Gasteiger partial charge < -0.3 is 5.32 Å². The minimum absolute atomic E-state index is 0.0557. The van der Waals surface area contributed by atoms with Crippen LogP contribution in [0.25, 0.3) is 5.69 Å². The van der Waals surface area contributed by atoms with Crippen LogP contribution in [0.2, 0.25) is 0 Å². The van der Waals surface area contributed by atoms with Gasteiger partial charge in [0.15, 0.2) is 11.6 Å². The molecule has 172 valence electrons. The zero-order chi connectivity index (χ0) is 24.1. The molecule has 0 spiro atoms. The maximum absolute atomic E-state index is 12.6. The van der Waals surface area contributed by atoms with Crippen LogP contribution in [0.3, 0.4) is 0 Å². The largest absolute Gasteiger partial charge is 0.305 e. The number of amides is 1. The van der Waals surface area contributed by atoms with Crippen LogP contribution in [-0.2, 0) is 16.6 Å². The van der Waals surface area contributed by atoms with E-state index < -0.39 is 10.0 Å². The summed E-state index contributed by atoms with van der Waals surface area (Å²) >= 11 is 0. The van der Waals surface area contributed by atoms with Crippen molar-refractivity contribution in [1.29, 1.82) is 0 Å². The molecule has 0 saturated heterocycles. The summed E-state index contributed by atoms with van der Waals surface area (Å²) in [5, 5.41) is 7.10. The van der Waals surface area contributed by atoms with E-state index in [2.05, 4.69) is 15.1 Å². The van der Waals surface area contributed by atoms with Crippen LogP contribution in [0.4, 0.5) is 5.82 Å². The van der Waals surface area contributed by atoms with Crippen LogP contribution in [-0.4, -0.2) is 29.9 Å². The van der Waals surface area contributed by atoms with Crippen molar-refractivity contribution in [2.24, 2.45) is 0 Å². The Bertz CT molecular complexity index is 1410. The number of hydrogen-bond acceptors (Lipinski definition) is 5. The first-order valence-corrected chi connectivity index (χ1v) is 11.9. The van der Waals surface area contributed by atoms with Gasteiger partial charge in [-0.1, -0.05) is 42.5 Å². The summed E-state index contributed by atoms with van der Waals surface area (Å²) in [6.07, 6.45) is 1.76. The molecule has 0 fully saturated rings. The molecule has 1 amide bonds. The van der Waals surface area contributed by atoms with E-state index in [1.807, 2.05) is 30.3 Å². The third-order valence-electron chi connectivity index (χ3n) is 5.10. The lowest BCUT2D eigenvalue weighted by Crippen LogP contribution is -2.23. The van der Waals surface area contributed by atoms with Crippen molar-refractivity contribution < 1.29 is 18.0 Å². The standard InChI is InChI=1S/C25H22N4O4S/c1-18(30)20-11-13-23(14-12-20)34(32,33)26-17-19-7-9-21(10-8-19)25(31)27-24-15-16-29(28-24)22-5-3-2-4-6-22/h2-16,26H,17H2,1H3,(H,27,28,31). The van der Waals surface area contributed by atoms with Gasteiger partial charge in [0, 0.05) is 29.9 Å². The van der Waals surface area contributed by atoms with Gasteiger partial charge in [0.25, 0.3) is 5.91 Å². The maximum atomic E-state index is 12.6. The van der Waals surface area contributed by atoms with Crippen molar-refractivity contribution in [2.75, 3.05) is 5.32 Å². The zero-order valence-corrected chi connectivity index (χ0v) is 19.1. The lowest BCUT2D eigenvalue weighted by atomic mass is 10.1. The van der Waals surface area contributed by atoms with Crippen LogP contribution in [0, 0.1) is 0 Å². The number of ketones is 1. The van der Waals surface area contributed by atoms with Crippen molar-refractivity contribution in [3.05, 3.63) is 108 Å². The Labute approximate surface area is 197 Å². The minimum atomic E-state index is -3.74. The summed E-state index contributed by atoms with van der Waals surface area (Å²) in [7, 11) is -3.74. The van der Waals surface area contributed by atoms with Gasteiger partial charge in [0.2, 0.25) is 10.0 Å².